The molecule has 11 heteroatoms. The smallest absolute Gasteiger partial charge is 0.225 e. The summed E-state index contributed by atoms with van der Waals surface area (Å²) in [5.74, 6) is 1.41. The van der Waals surface area contributed by atoms with Gasteiger partial charge in [0.15, 0.2) is 0 Å². The van der Waals surface area contributed by atoms with Crippen molar-refractivity contribution in [1.29, 1.82) is 10.5 Å². The number of aliphatic imine (C=N–C) groups is 1. The Balaban J connectivity index is 1.22. The molecule has 0 bridgehead atoms. The Morgan fingerprint density at radius 3 is 2.69 bits per heavy atom. The van der Waals surface area contributed by atoms with Crippen molar-refractivity contribution in [3.63, 3.8) is 0 Å². The van der Waals surface area contributed by atoms with Crippen LogP contribution in [0.1, 0.15) is 30.7 Å². The minimum atomic E-state index is -0.0888. The van der Waals surface area contributed by atoms with E-state index in [1.54, 1.807) is 0 Å². The number of nitrogens with zero attached hydrogens (tertiary/aromatic N) is 8. The first-order valence-corrected chi connectivity index (χ1v) is 14.7. The molecule has 4 heterocycles. The van der Waals surface area contributed by atoms with E-state index in [4.69, 9.17) is 9.72 Å². The normalized spacial score (nSPS) is 24.9. The summed E-state index contributed by atoms with van der Waals surface area (Å²) in [6.07, 6.45) is 4.11. The van der Waals surface area contributed by atoms with Crippen LogP contribution in [-0.2, 0) is 4.74 Å². The van der Waals surface area contributed by atoms with Gasteiger partial charge in [-0.3, -0.25) is 9.89 Å². The molecule has 5 rings (SSSR count). The molecule has 2 N–H and O–H groups in total. The number of nitriles is 2. The number of piperazine rings is 1. The van der Waals surface area contributed by atoms with E-state index in [1.165, 1.54) is 0 Å². The van der Waals surface area contributed by atoms with Crippen molar-refractivity contribution in [3.05, 3.63) is 41.1 Å². The van der Waals surface area contributed by atoms with Crippen molar-refractivity contribution < 1.29 is 4.74 Å². The number of hydrogen-bond acceptors (Lipinski definition) is 11. The molecule has 0 aliphatic carbocycles. The summed E-state index contributed by atoms with van der Waals surface area (Å²) in [6.45, 7) is 17.1. The van der Waals surface area contributed by atoms with E-state index < -0.39 is 0 Å². The van der Waals surface area contributed by atoms with Crippen molar-refractivity contribution in [2.24, 2.45) is 10.9 Å². The van der Waals surface area contributed by atoms with Crippen molar-refractivity contribution >= 4 is 35.9 Å². The summed E-state index contributed by atoms with van der Waals surface area (Å²) in [7, 11) is 0. The molecule has 1 aromatic heterocycles. The van der Waals surface area contributed by atoms with E-state index in [1.807, 2.05) is 44.2 Å². The molecule has 11 nitrogen and oxygen atoms in total. The summed E-state index contributed by atoms with van der Waals surface area (Å²) < 4.78 is 6.41. The molecule has 2 unspecified atom stereocenters. The van der Waals surface area contributed by atoms with Gasteiger partial charge in [-0.1, -0.05) is 12.2 Å². The van der Waals surface area contributed by atoms with E-state index in [-0.39, 0.29) is 24.2 Å². The Morgan fingerprint density at radius 2 is 1.98 bits per heavy atom. The van der Waals surface area contributed by atoms with E-state index in [2.05, 4.69) is 61.1 Å². The van der Waals surface area contributed by atoms with Crippen LogP contribution in [0.15, 0.2) is 29.3 Å². The molecule has 3 aliphatic rings. The van der Waals surface area contributed by atoms with Crippen LogP contribution in [0.25, 0.3) is 6.08 Å². The quantitative estimate of drug-likeness (QED) is 0.459. The summed E-state index contributed by atoms with van der Waals surface area (Å²) in [4.78, 5) is 20.7. The average molecular weight is 569 g/mol. The number of aromatic nitrogens is 2. The van der Waals surface area contributed by atoms with E-state index in [0.717, 1.165) is 75.1 Å². The highest BCUT2D eigenvalue weighted by Crippen LogP contribution is 2.35. The molecule has 1 aromatic carbocycles. The van der Waals surface area contributed by atoms with Gasteiger partial charge in [-0.15, -0.1) is 0 Å². The van der Waals surface area contributed by atoms with Gasteiger partial charge in [0.1, 0.15) is 11.9 Å². The van der Waals surface area contributed by atoms with Crippen molar-refractivity contribution in [2.45, 2.75) is 39.0 Å². The third kappa shape index (κ3) is 6.55. The minimum absolute atomic E-state index is 0.0110. The van der Waals surface area contributed by atoms with Crippen LogP contribution in [-0.4, -0.2) is 98.7 Å². The Hall–Kier alpha value is -4.03. The average Bonchev–Trinajstić information content (AvgIpc) is 3.43. The van der Waals surface area contributed by atoms with Gasteiger partial charge < -0.3 is 25.2 Å². The van der Waals surface area contributed by atoms with E-state index >= 15 is 0 Å². The third-order valence-corrected chi connectivity index (χ3v) is 8.17. The maximum absolute atomic E-state index is 9.58. The Morgan fingerprint density at radius 1 is 1.17 bits per heavy atom. The van der Waals surface area contributed by atoms with Crippen LogP contribution < -0.4 is 20.4 Å². The predicted octanol–water partition coefficient (Wildman–Crippen LogP) is 2.96. The molecule has 2 aromatic rings. The zero-order valence-electron chi connectivity index (χ0n) is 24.8. The van der Waals surface area contributed by atoms with Crippen LogP contribution in [0.3, 0.4) is 0 Å². The standard InChI is InChI=1S/C31H40N10O/c1-5-6-26-28(8-7-23(14-32)30(26)34-4)41-18-22(3)42-25(20-41)19-39-9-11-40(12-10-39)29-13-21(2)36-31(38-29)37-27-17-35-16-24(27)15-33/h5-8,13,22,24-25,27,35H,4,9-12,16-20H2,1-3H3,(H,36,37,38)/b6-5-/t22-,24?,25+,27?/m1/s1. The van der Waals surface area contributed by atoms with Crippen molar-refractivity contribution in [2.75, 3.05) is 74.0 Å². The number of anilines is 3. The van der Waals surface area contributed by atoms with E-state index in [9.17, 15) is 10.5 Å². The minimum Gasteiger partial charge on any atom is -0.370 e. The zero-order valence-corrected chi connectivity index (χ0v) is 24.8. The van der Waals surface area contributed by atoms with Gasteiger partial charge in [-0.25, -0.2) is 4.98 Å². The lowest BCUT2D eigenvalue weighted by Gasteiger charge is -2.42. The summed E-state index contributed by atoms with van der Waals surface area (Å²) in [6, 6.07) is 10.5. The molecule has 3 saturated heterocycles. The van der Waals surface area contributed by atoms with Crippen LogP contribution in [0.2, 0.25) is 0 Å². The highest BCUT2D eigenvalue weighted by atomic mass is 16.5. The second-order valence-corrected chi connectivity index (χ2v) is 11.3. The number of morpholine rings is 1. The molecule has 3 fully saturated rings. The molecular weight excluding hydrogens is 528 g/mol. The first kappa shape index (κ1) is 29.5. The first-order chi connectivity index (χ1) is 20.4. The number of aryl methyl sites for hydroxylation is 1. The van der Waals surface area contributed by atoms with Gasteiger partial charge >= 0.3 is 0 Å². The molecule has 0 amide bonds. The fraction of sp³-hybridized carbons (Fsp3) is 0.516. The zero-order chi connectivity index (χ0) is 29.6. The van der Waals surface area contributed by atoms with E-state index in [0.29, 0.717) is 23.7 Å². The Bertz CT molecular complexity index is 1390. The van der Waals surface area contributed by atoms with Crippen LogP contribution in [0.4, 0.5) is 23.1 Å². The largest absolute Gasteiger partial charge is 0.370 e. The van der Waals surface area contributed by atoms with Gasteiger partial charge in [0.05, 0.1) is 41.5 Å². The molecule has 0 spiro atoms. The topological polar surface area (TPSA) is 129 Å². The fourth-order valence-electron chi connectivity index (χ4n) is 6.17. The summed E-state index contributed by atoms with van der Waals surface area (Å²) >= 11 is 0. The predicted molar refractivity (Wildman–Crippen MR) is 166 cm³/mol. The van der Waals surface area contributed by atoms with Gasteiger partial charge in [-0.05, 0) is 39.6 Å². The van der Waals surface area contributed by atoms with Crippen molar-refractivity contribution in [3.8, 4) is 12.1 Å². The lowest BCUT2D eigenvalue weighted by molar-refractivity contribution is -0.0328. The Kier molecular flexibility index (Phi) is 9.33. The lowest BCUT2D eigenvalue weighted by Crippen LogP contribution is -2.54. The lowest BCUT2D eigenvalue weighted by atomic mass is 10.0. The number of nitrogens with one attached hydrogen (secondary N) is 2. The highest BCUT2D eigenvalue weighted by Gasteiger charge is 2.31. The monoisotopic (exact) mass is 568 g/mol. The number of rotatable bonds is 8. The SMILES string of the molecule is C=Nc1c(C#N)ccc(N2C[C@H](CN3CCN(c4cc(C)nc(NC5CNCC5C#N)n4)CC3)O[C@H](C)C2)c1/C=C\C. The first-order valence-electron chi connectivity index (χ1n) is 14.7. The second-order valence-electron chi connectivity index (χ2n) is 11.3. The number of ether oxygens (including phenoxy) is 1. The molecule has 3 aliphatic heterocycles. The van der Waals surface area contributed by atoms with Crippen LogP contribution in [0.5, 0.6) is 0 Å². The van der Waals surface area contributed by atoms with Crippen LogP contribution in [0, 0.1) is 35.5 Å². The van der Waals surface area contributed by atoms with Crippen molar-refractivity contribution in [1.82, 2.24) is 20.2 Å². The van der Waals surface area contributed by atoms with Gasteiger partial charge in [0.2, 0.25) is 5.95 Å². The molecule has 4 atom stereocenters. The van der Waals surface area contributed by atoms with Crippen LogP contribution >= 0.6 is 0 Å². The third-order valence-electron chi connectivity index (χ3n) is 8.17. The Labute approximate surface area is 248 Å². The number of hydrogen-bond donors (Lipinski definition) is 2. The maximum atomic E-state index is 9.58. The molecule has 220 valence electrons. The maximum Gasteiger partial charge on any atom is 0.225 e. The van der Waals surface area contributed by atoms with Gasteiger partial charge in [-0.2, -0.15) is 15.5 Å². The highest BCUT2D eigenvalue weighted by molar-refractivity contribution is 5.82. The summed E-state index contributed by atoms with van der Waals surface area (Å²) in [5.41, 5.74) is 4.04. The van der Waals surface area contributed by atoms with Gasteiger partial charge in [0, 0.05) is 81.9 Å². The molecular formula is C31H40N10O. The fourth-order valence-corrected chi connectivity index (χ4v) is 6.17. The summed E-state index contributed by atoms with van der Waals surface area (Å²) in [5, 5.41) is 25.6. The molecule has 42 heavy (non-hydrogen) atoms. The second kappa shape index (κ2) is 13.3. The van der Waals surface area contributed by atoms with Gasteiger partial charge in [0.25, 0.3) is 0 Å². The molecule has 0 saturated carbocycles. The number of benzene rings is 1. The molecule has 0 radical (unpaired) electrons. The number of allylic oxidation sites excluding steroid dienone is 1.